The third-order valence-corrected chi connectivity index (χ3v) is 7.11. The first kappa shape index (κ1) is 21.7. The third kappa shape index (κ3) is 5.12. The van der Waals surface area contributed by atoms with Crippen LogP contribution in [0, 0.1) is 11.8 Å². The number of carbonyl (C=O) groups is 1. The van der Waals surface area contributed by atoms with Gasteiger partial charge in [-0.05, 0) is 53.9 Å². The quantitative estimate of drug-likeness (QED) is 0.484. The average Bonchev–Trinajstić information content (AvgIpc) is 3.37. The largest absolute Gasteiger partial charge is 0.446 e. The second-order valence-electron chi connectivity index (χ2n) is 9.42. The van der Waals surface area contributed by atoms with Gasteiger partial charge in [-0.3, -0.25) is 10.2 Å². The highest BCUT2D eigenvalue weighted by atomic mass is 16.6. The number of hydrogen-bond acceptors (Lipinski definition) is 3. The molecule has 1 N–H and O–H groups in total. The molecule has 4 nitrogen and oxygen atoms in total. The Hall–Kier alpha value is -3.11. The zero-order valence-electron chi connectivity index (χ0n) is 19.2. The van der Waals surface area contributed by atoms with E-state index in [1.54, 1.807) is 0 Å². The molecule has 2 aliphatic rings. The normalized spacial score (nSPS) is 22.2. The van der Waals surface area contributed by atoms with Crippen LogP contribution in [0.2, 0.25) is 0 Å². The van der Waals surface area contributed by atoms with Crippen LogP contribution in [0.15, 0.2) is 78.9 Å². The number of amides is 1. The summed E-state index contributed by atoms with van der Waals surface area (Å²) in [5, 5.41) is 2.98. The van der Waals surface area contributed by atoms with E-state index in [0.29, 0.717) is 11.8 Å². The first-order valence-electron chi connectivity index (χ1n) is 12.1. The van der Waals surface area contributed by atoms with Gasteiger partial charge in [0, 0.05) is 25.2 Å². The van der Waals surface area contributed by atoms with Crippen LogP contribution in [0.25, 0.3) is 11.1 Å². The molecule has 5 rings (SSSR count). The molecule has 0 radical (unpaired) electrons. The maximum atomic E-state index is 12.7. The molecule has 1 heterocycles. The third-order valence-electron chi connectivity index (χ3n) is 7.11. The molecule has 3 aromatic rings. The van der Waals surface area contributed by atoms with Crippen molar-refractivity contribution >= 4 is 11.8 Å². The molecule has 0 aromatic heterocycles. The molecular formula is C29H32N2O2. The lowest BCUT2D eigenvalue weighted by Crippen LogP contribution is -2.25. The number of likely N-dealkylation sites (tertiary alicyclic amines) is 1. The lowest BCUT2D eigenvalue weighted by atomic mass is 10.0. The van der Waals surface area contributed by atoms with E-state index in [1.807, 2.05) is 54.6 Å². The fourth-order valence-corrected chi connectivity index (χ4v) is 5.53. The highest BCUT2D eigenvalue weighted by Gasteiger charge is 2.42. The molecule has 1 aliphatic carbocycles. The van der Waals surface area contributed by atoms with Crippen molar-refractivity contribution in [3.05, 3.63) is 90.0 Å². The molecule has 3 aromatic carbocycles. The van der Waals surface area contributed by atoms with Gasteiger partial charge in [0.1, 0.15) is 6.10 Å². The second kappa shape index (κ2) is 9.80. The lowest BCUT2D eigenvalue weighted by molar-refractivity contribution is 0.105. The highest BCUT2D eigenvalue weighted by Crippen LogP contribution is 2.40. The molecule has 2 fully saturated rings. The van der Waals surface area contributed by atoms with Gasteiger partial charge >= 0.3 is 6.09 Å². The predicted molar refractivity (Wildman–Crippen MR) is 133 cm³/mol. The van der Waals surface area contributed by atoms with Crippen LogP contribution in [0.1, 0.15) is 30.9 Å². The monoisotopic (exact) mass is 440 g/mol. The van der Waals surface area contributed by atoms with Gasteiger partial charge in [-0.1, -0.05) is 79.7 Å². The van der Waals surface area contributed by atoms with Crippen molar-refractivity contribution in [2.24, 2.45) is 11.8 Å². The maximum absolute atomic E-state index is 12.7. The summed E-state index contributed by atoms with van der Waals surface area (Å²) in [7, 11) is 0. The number of benzene rings is 3. The van der Waals surface area contributed by atoms with Crippen molar-refractivity contribution in [3.8, 4) is 11.1 Å². The Morgan fingerprint density at radius 3 is 2.36 bits per heavy atom. The van der Waals surface area contributed by atoms with Crippen LogP contribution in [-0.4, -0.2) is 30.2 Å². The smallest absolute Gasteiger partial charge is 0.411 e. The van der Waals surface area contributed by atoms with E-state index in [4.69, 9.17) is 4.74 Å². The predicted octanol–water partition coefficient (Wildman–Crippen LogP) is 6.38. The van der Waals surface area contributed by atoms with E-state index in [9.17, 15) is 4.79 Å². The van der Waals surface area contributed by atoms with E-state index in [0.717, 1.165) is 55.7 Å². The number of hydrogen-bond donors (Lipinski definition) is 1. The molecule has 0 spiro atoms. The summed E-state index contributed by atoms with van der Waals surface area (Å²) in [6.45, 7) is 5.41. The number of nitrogens with zero attached hydrogens (tertiary/aromatic N) is 1. The maximum Gasteiger partial charge on any atom is 0.411 e. The number of nitrogens with one attached hydrogen (secondary N) is 1. The Balaban J connectivity index is 1.14. The summed E-state index contributed by atoms with van der Waals surface area (Å²) in [6.07, 6.45) is 2.66. The van der Waals surface area contributed by atoms with Gasteiger partial charge in [0.15, 0.2) is 0 Å². The zero-order chi connectivity index (χ0) is 22.6. The summed E-state index contributed by atoms with van der Waals surface area (Å²) >= 11 is 0. The van der Waals surface area contributed by atoms with E-state index < -0.39 is 0 Å². The van der Waals surface area contributed by atoms with Crippen LogP contribution in [-0.2, 0) is 17.7 Å². The van der Waals surface area contributed by atoms with Crippen molar-refractivity contribution in [2.75, 3.05) is 18.4 Å². The Morgan fingerprint density at radius 1 is 0.909 bits per heavy atom. The topological polar surface area (TPSA) is 41.6 Å². The van der Waals surface area contributed by atoms with Gasteiger partial charge in [0.05, 0.1) is 5.69 Å². The van der Waals surface area contributed by atoms with Gasteiger partial charge < -0.3 is 4.74 Å². The van der Waals surface area contributed by atoms with E-state index in [1.165, 1.54) is 11.1 Å². The van der Waals surface area contributed by atoms with Crippen molar-refractivity contribution in [3.63, 3.8) is 0 Å². The SMILES string of the molecule is CCc1cccc(CN2CC3CC(OC(=O)Nc4ccccc4-c4ccccc4)CC3C2)c1. The van der Waals surface area contributed by atoms with Crippen molar-refractivity contribution in [1.82, 2.24) is 4.90 Å². The number of aryl methyl sites for hydroxylation is 1. The highest BCUT2D eigenvalue weighted by molar-refractivity contribution is 5.91. The number of rotatable bonds is 6. The first-order chi connectivity index (χ1) is 16.2. The fourth-order valence-electron chi connectivity index (χ4n) is 5.53. The standard InChI is InChI=1S/C29H32N2O2/c1-2-21-9-8-10-22(15-21)18-31-19-24-16-26(17-25(24)20-31)33-29(32)30-28-14-7-6-13-27(28)23-11-4-3-5-12-23/h3-15,24-26H,2,16-20H2,1H3,(H,30,32). The van der Waals surface area contributed by atoms with Gasteiger partial charge in [0.2, 0.25) is 0 Å². The Morgan fingerprint density at radius 2 is 1.61 bits per heavy atom. The number of carbonyl (C=O) groups excluding carboxylic acids is 1. The molecular weight excluding hydrogens is 408 g/mol. The minimum Gasteiger partial charge on any atom is -0.446 e. The molecule has 0 bridgehead atoms. The molecule has 2 atom stereocenters. The minimum absolute atomic E-state index is 0.00876. The number of fused-ring (bicyclic) bond motifs is 1. The minimum atomic E-state index is -0.350. The Bertz CT molecular complexity index is 1080. The molecule has 1 aliphatic heterocycles. The summed E-state index contributed by atoms with van der Waals surface area (Å²) in [4.78, 5) is 15.3. The molecule has 170 valence electrons. The second-order valence-corrected chi connectivity index (χ2v) is 9.42. The molecule has 33 heavy (non-hydrogen) atoms. The van der Waals surface area contributed by atoms with Crippen LogP contribution in [0.3, 0.4) is 0 Å². The van der Waals surface area contributed by atoms with Crippen LogP contribution >= 0.6 is 0 Å². The van der Waals surface area contributed by atoms with Crippen LogP contribution < -0.4 is 5.32 Å². The van der Waals surface area contributed by atoms with Gasteiger partial charge in [0.25, 0.3) is 0 Å². The average molecular weight is 441 g/mol. The van der Waals surface area contributed by atoms with Gasteiger partial charge in [-0.15, -0.1) is 0 Å². The molecule has 4 heteroatoms. The molecule has 1 saturated carbocycles. The van der Waals surface area contributed by atoms with Crippen LogP contribution in [0.4, 0.5) is 10.5 Å². The van der Waals surface area contributed by atoms with Gasteiger partial charge in [-0.25, -0.2) is 4.79 Å². The molecule has 2 unspecified atom stereocenters. The summed E-state index contributed by atoms with van der Waals surface area (Å²) in [5.41, 5.74) is 5.67. The zero-order valence-corrected chi connectivity index (χ0v) is 19.2. The Labute approximate surface area is 196 Å². The number of anilines is 1. The molecule has 1 saturated heterocycles. The number of ether oxygens (including phenoxy) is 1. The Kier molecular flexibility index (Phi) is 6.45. The van der Waals surface area contributed by atoms with Crippen molar-refractivity contribution in [1.29, 1.82) is 0 Å². The number of para-hydroxylation sites is 1. The summed E-state index contributed by atoms with van der Waals surface area (Å²) in [6, 6.07) is 26.9. The van der Waals surface area contributed by atoms with Crippen molar-refractivity contribution in [2.45, 2.75) is 38.8 Å². The fraction of sp³-hybridized carbons (Fsp3) is 0.345. The molecule has 1 amide bonds. The van der Waals surface area contributed by atoms with E-state index >= 15 is 0 Å². The van der Waals surface area contributed by atoms with Crippen molar-refractivity contribution < 1.29 is 9.53 Å². The van der Waals surface area contributed by atoms with Gasteiger partial charge in [-0.2, -0.15) is 0 Å². The lowest BCUT2D eigenvalue weighted by Gasteiger charge is -2.20. The first-order valence-corrected chi connectivity index (χ1v) is 12.1. The van der Waals surface area contributed by atoms with E-state index in [-0.39, 0.29) is 12.2 Å². The van der Waals surface area contributed by atoms with E-state index in [2.05, 4.69) is 41.4 Å². The summed E-state index contributed by atoms with van der Waals surface area (Å²) < 4.78 is 5.86. The summed E-state index contributed by atoms with van der Waals surface area (Å²) in [5.74, 6) is 1.24. The van der Waals surface area contributed by atoms with Crippen LogP contribution in [0.5, 0.6) is 0 Å².